The van der Waals surface area contributed by atoms with E-state index in [2.05, 4.69) is 11.4 Å². The smallest absolute Gasteiger partial charge is 0.255 e. The fourth-order valence-electron chi connectivity index (χ4n) is 2.45. The molecule has 104 valence electrons. The van der Waals surface area contributed by atoms with Crippen LogP contribution in [0.4, 0.5) is 5.69 Å². The summed E-state index contributed by atoms with van der Waals surface area (Å²) >= 11 is 0. The van der Waals surface area contributed by atoms with Crippen molar-refractivity contribution >= 4 is 22.4 Å². The number of hydrogen-bond acceptors (Lipinski definition) is 1. The van der Waals surface area contributed by atoms with Gasteiger partial charge in [0.15, 0.2) is 0 Å². The molecule has 0 bridgehead atoms. The Balaban J connectivity index is 1.90. The molecule has 0 atom stereocenters. The molecular weight excluding hydrogens is 258 g/mol. The van der Waals surface area contributed by atoms with E-state index in [-0.39, 0.29) is 5.91 Å². The minimum Gasteiger partial charge on any atom is -0.322 e. The second kappa shape index (κ2) is 5.41. The van der Waals surface area contributed by atoms with Gasteiger partial charge in [-0.1, -0.05) is 48.0 Å². The molecule has 0 heterocycles. The van der Waals surface area contributed by atoms with Gasteiger partial charge in [-0.2, -0.15) is 0 Å². The van der Waals surface area contributed by atoms with Crippen molar-refractivity contribution in [2.45, 2.75) is 13.8 Å². The van der Waals surface area contributed by atoms with Crippen LogP contribution in [0.3, 0.4) is 0 Å². The number of amides is 1. The molecule has 0 spiro atoms. The van der Waals surface area contributed by atoms with Crippen molar-refractivity contribution in [3.8, 4) is 0 Å². The van der Waals surface area contributed by atoms with Gasteiger partial charge in [-0.05, 0) is 48.4 Å². The largest absolute Gasteiger partial charge is 0.322 e. The monoisotopic (exact) mass is 275 g/mol. The SMILES string of the molecule is Cc1ccc(C)c(C(=O)Nc2ccc3ccccc3c2)c1. The van der Waals surface area contributed by atoms with E-state index in [1.807, 2.05) is 68.4 Å². The third-order valence-corrected chi connectivity index (χ3v) is 3.65. The Bertz CT molecular complexity index is 821. The van der Waals surface area contributed by atoms with Crippen LogP contribution in [0.2, 0.25) is 0 Å². The second-order valence-corrected chi connectivity index (χ2v) is 5.33. The zero-order valence-corrected chi connectivity index (χ0v) is 12.2. The highest BCUT2D eigenvalue weighted by Crippen LogP contribution is 2.20. The van der Waals surface area contributed by atoms with E-state index < -0.39 is 0 Å². The summed E-state index contributed by atoms with van der Waals surface area (Å²) in [6, 6.07) is 20.0. The quantitative estimate of drug-likeness (QED) is 0.721. The number of fused-ring (bicyclic) bond motifs is 1. The van der Waals surface area contributed by atoms with Gasteiger partial charge in [-0.25, -0.2) is 0 Å². The lowest BCUT2D eigenvalue weighted by Gasteiger charge is -2.09. The number of anilines is 1. The van der Waals surface area contributed by atoms with Crippen LogP contribution < -0.4 is 5.32 Å². The van der Waals surface area contributed by atoms with Crippen molar-refractivity contribution in [3.63, 3.8) is 0 Å². The molecule has 3 aromatic carbocycles. The van der Waals surface area contributed by atoms with Gasteiger partial charge in [-0.3, -0.25) is 4.79 Å². The van der Waals surface area contributed by atoms with Crippen LogP contribution in [0.5, 0.6) is 0 Å². The van der Waals surface area contributed by atoms with Crippen molar-refractivity contribution in [2.75, 3.05) is 5.32 Å². The highest BCUT2D eigenvalue weighted by atomic mass is 16.1. The van der Waals surface area contributed by atoms with E-state index in [0.717, 1.165) is 27.8 Å². The van der Waals surface area contributed by atoms with Gasteiger partial charge in [0.05, 0.1) is 0 Å². The summed E-state index contributed by atoms with van der Waals surface area (Å²) < 4.78 is 0. The number of rotatable bonds is 2. The molecule has 1 amide bonds. The van der Waals surface area contributed by atoms with Crippen molar-refractivity contribution in [1.82, 2.24) is 0 Å². The molecule has 0 aliphatic carbocycles. The third-order valence-electron chi connectivity index (χ3n) is 3.65. The number of aryl methyl sites for hydroxylation is 2. The Labute approximate surface area is 124 Å². The van der Waals surface area contributed by atoms with Crippen molar-refractivity contribution in [2.24, 2.45) is 0 Å². The van der Waals surface area contributed by atoms with E-state index >= 15 is 0 Å². The molecule has 1 N–H and O–H groups in total. The molecule has 0 aliphatic heterocycles. The normalized spacial score (nSPS) is 10.6. The highest BCUT2D eigenvalue weighted by Gasteiger charge is 2.09. The van der Waals surface area contributed by atoms with Gasteiger partial charge >= 0.3 is 0 Å². The summed E-state index contributed by atoms with van der Waals surface area (Å²) in [5.74, 6) is -0.0634. The number of carbonyl (C=O) groups excluding carboxylic acids is 1. The van der Waals surface area contributed by atoms with Crippen LogP contribution in [0.1, 0.15) is 21.5 Å². The maximum Gasteiger partial charge on any atom is 0.255 e. The summed E-state index contributed by atoms with van der Waals surface area (Å²) in [4.78, 5) is 12.4. The molecule has 2 heteroatoms. The standard InChI is InChI=1S/C19H17NO/c1-13-7-8-14(2)18(11-13)19(21)20-17-10-9-15-5-3-4-6-16(15)12-17/h3-12H,1-2H3,(H,20,21). The van der Waals surface area contributed by atoms with E-state index in [0.29, 0.717) is 0 Å². The van der Waals surface area contributed by atoms with Crippen LogP contribution in [-0.4, -0.2) is 5.91 Å². The predicted molar refractivity (Wildman–Crippen MR) is 87.8 cm³/mol. The summed E-state index contributed by atoms with van der Waals surface area (Å²) in [5, 5.41) is 5.27. The van der Waals surface area contributed by atoms with Gasteiger partial charge < -0.3 is 5.32 Å². The average Bonchev–Trinajstić information content (AvgIpc) is 2.49. The fourth-order valence-corrected chi connectivity index (χ4v) is 2.45. The third kappa shape index (κ3) is 2.79. The fraction of sp³-hybridized carbons (Fsp3) is 0.105. The second-order valence-electron chi connectivity index (χ2n) is 5.33. The first-order chi connectivity index (χ1) is 10.1. The Morgan fingerprint density at radius 3 is 2.43 bits per heavy atom. The maximum atomic E-state index is 12.4. The molecule has 0 saturated heterocycles. The molecule has 0 aromatic heterocycles. The summed E-state index contributed by atoms with van der Waals surface area (Å²) in [6.45, 7) is 3.95. The lowest BCUT2D eigenvalue weighted by Crippen LogP contribution is -2.13. The summed E-state index contributed by atoms with van der Waals surface area (Å²) in [6.07, 6.45) is 0. The predicted octanol–water partition coefficient (Wildman–Crippen LogP) is 4.71. The van der Waals surface area contributed by atoms with E-state index in [4.69, 9.17) is 0 Å². The van der Waals surface area contributed by atoms with Gasteiger partial charge in [0, 0.05) is 11.3 Å². The topological polar surface area (TPSA) is 29.1 Å². The van der Waals surface area contributed by atoms with E-state index in [9.17, 15) is 4.79 Å². The van der Waals surface area contributed by atoms with Gasteiger partial charge in [0.2, 0.25) is 0 Å². The van der Waals surface area contributed by atoms with Crippen molar-refractivity contribution in [3.05, 3.63) is 77.4 Å². The zero-order chi connectivity index (χ0) is 14.8. The summed E-state index contributed by atoms with van der Waals surface area (Å²) in [7, 11) is 0. The number of hydrogen-bond donors (Lipinski definition) is 1. The van der Waals surface area contributed by atoms with Gasteiger partial charge in [0.1, 0.15) is 0 Å². The first kappa shape index (κ1) is 13.4. The van der Waals surface area contributed by atoms with Crippen LogP contribution in [0.25, 0.3) is 10.8 Å². The van der Waals surface area contributed by atoms with Gasteiger partial charge in [-0.15, -0.1) is 0 Å². The average molecular weight is 275 g/mol. The van der Waals surface area contributed by atoms with Crippen molar-refractivity contribution < 1.29 is 4.79 Å². The molecule has 3 aromatic rings. The zero-order valence-electron chi connectivity index (χ0n) is 12.2. The van der Waals surface area contributed by atoms with Crippen LogP contribution in [0.15, 0.2) is 60.7 Å². The Morgan fingerprint density at radius 1 is 0.857 bits per heavy atom. The maximum absolute atomic E-state index is 12.4. The van der Waals surface area contributed by atoms with Crippen LogP contribution in [-0.2, 0) is 0 Å². The van der Waals surface area contributed by atoms with Crippen LogP contribution in [0, 0.1) is 13.8 Å². The molecule has 0 unspecified atom stereocenters. The Kier molecular flexibility index (Phi) is 3.44. The molecule has 0 saturated carbocycles. The molecule has 3 rings (SSSR count). The molecule has 21 heavy (non-hydrogen) atoms. The Morgan fingerprint density at radius 2 is 1.62 bits per heavy atom. The number of benzene rings is 3. The number of carbonyl (C=O) groups is 1. The van der Waals surface area contributed by atoms with E-state index in [1.165, 1.54) is 5.39 Å². The molecule has 0 fully saturated rings. The lowest BCUT2D eigenvalue weighted by molar-refractivity contribution is 0.102. The van der Waals surface area contributed by atoms with Crippen molar-refractivity contribution in [1.29, 1.82) is 0 Å². The molecule has 0 radical (unpaired) electrons. The molecule has 2 nitrogen and oxygen atoms in total. The Hall–Kier alpha value is -2.61. The van der Waals surface area contributed by atoms with Gasteiger partial charge in [0.25, 0.3) is 5.91 Å². The number of nitrogens with one attached hydrogen (secondary N) is 1. The minimum atomic E-state index is -0.0634. The van der Waals surface area contributed by atoms with Crippen LogP contribution >= 0.6 is 0 Å². The summed E-state index contributed by atoms with van der Waals surface area (Å²) in [5.41, 5.74) is 3.62. The minimum absolute atomic E-state index is 0.0634. The highest BCUT2D eigenvalue weighted by molar-refractivity contribution is 6.06. The molecular formula is C19H17NO. The lowest BCUT2D eigenvalue weighted by atomic mass is 10.0. The van der Waals surface area contributed by atoms with E-state index in [1.54, 1.807) is 0 Å². The molecule has 0 aliphatic rings. The first-order valence-corrected chi connectivity index (χ1v) is 7.01. The first-order valence-electron chi connectivity index (χ1n) is 7.01.